The molecule has 0 atom stereocenters. The Morgan fingerprint density at radius 3 is 1.50 bits per heavy atom. The first-order valence-electron chi connectivity index (χ1n) is 18.9. The van der Waals surface area contributed by atoms with Gasteiger partial charge < -0.3 is 13.7 Å². The monoisotopic (exact) mass is 716 g/mol. The van der Waals surface area contributed by atoms with Crippen molar-refractivity contribution in [3.8, 4) is 28.7 Å². The molecular weight excluding hydrogens is 685 g/mol. The van der Waals surface area contributed by atoms with E-state index >= 15 is 0 Å². The van der Waals surface area contributed by atoms with Crippen LogP contribution < -0.4 is 0 Å². The molecule has 5 heterocycles. The van der Waals surface area contributed by atoms with Gasteiger partial charge in [-0.15, -0.1) is 0 Å². The lowest BCUT2D eigenvalue weighted by Crippen LogP contribution is -2.04. The van der Waals surface area contributed by atoms with Crippen LogP contribution in [0.15, 0.2) is 158 Å². The van der Waals surface area contributed by atoms with Crippen molar-refractivity contribution in [1.29, 1.82) is 5.26 Å². The van der Waals surface area contributed by atoms with Gasteiger partial charge in [-0.2, -0.15) is 5.26 Å². The van der Waals surface area contributed by atoms with E-state index in [0.717, 1.165) is 44.7 Å². The Balaban J connectivity index is 1.24. The molecule has 12 rings (SSSR count). The van der Waals surface area contributed by atoms with Gasteiger partial charge in [0, 0.05) is 73.8 Å². The number of pyridine rings is 1. The summed E-state index contributed by atoms with van der Waals surface area (Å²) in [6.07, 6.45) is 2.06. The average Bonchev–Trinajstić information content (AvgIpc) is 3.96. The number of benzene rings is 7. The minimum absolute atomic E-state index is 0.625. The van der Waals surface area contributed by atoms with Gasteiger partial charge in [0.15, 0.2) is 0 Å². The molecule has 12 aromatic rings. The van der Waals surface area contributed by atoms with Gasteiger partial charge >= 0.3 is 0 Å². The summed E-state index contributed by atoms with van der Waals surface area (Å²) in [5.41, 5.74) is 12.9. The minimum atomic E-state index is 0.625. The zero-order chi connectivity index (χ0) is 37.2. The predicted octanol–water partition coefficient (Wildman–Crippen LogP) is 12.1. The molecule has 56 heavy (non-hydrogen) atoms. The molecule has 0 aliphatic carbocycles. The lowest BCUT2D eigenvalue weighted by molar-refractivity contribution is 1.01. The lowest BCUT2D eigenvalue weighted by atomic mass is 10.0. The lowest BCUT2D eigenvalue weighted by Gasteiger charge is -2.17. The summed E-state index contributed by atoms with van der Waals surface area (Å²) in [5, 5.41) is 19.4. The van der Waals surface area contributed by atoms with E-state index in [1.807, 2.05) is 12.1 Å². The maximum atomic E-state index is 9.79. The second-order valence-corrected chi connectivity index (χ2v) is 14.8. The average molecular weight is 717 g/mol. The summed E-state index contributed by atoms with van der Waals surface area (Å²) in [7, 11) is 4.30. The number of rotatable bonds is 3. The number of hydrogen-bond acceptors (Lipinski definition) is 2. The Kier molecular flexibility index (Phi) is 6.16. The van der Waals surface area contributed by atoms with Gasteiger partial charge in [-0.05, 0) is 60.2 Å². The molecule has 262 valence electrons. The Labute approximate surface area is 320 Å². The van der Waals surface area contributed by atoms with E-state index < -0.39 is 0 Å². The number of para-hydroxylation sites is 4. The van der Waals surface area contributed by atoms with Crippen LogP contribution in [-0.2, 0) is 14.1 Å². The molecule has 0 spiro atoms. The fraction of sp³-hybridized carbons (Fsp3) is 0.0400. The van der Waals surface area contributed by atoms with Crippen LogP contribution in [0.2, 0.25) is 0 Å². The fourth-order valence-corrected chi connectivity index (χ4v) is 9.58. The number of fused-ring (bicyclic) bond motifs is 14. The highest BCUT2D eigenvalue weighted by Crippen LogP contribution is 2.44. The van der Waals surface area contributed by atoms with Crippen molar-refractivity contribution in [3.63, 3.8) is 0 Å². The molecule has 0 aliphatic rings. The largest absolute Gasteiger partial charge is 0.344 e. The maximum Gasteiger partial charge on any atom is 0.138 e. The SMILES string of the molecule is Cn1c2ccccc2c2c1ccc1c3ccccc3n(-c3cc(-c4ccc(C#N)cc4)c(-n4c5ccccc5c5ccc6c(c7ccccc7n6C)c54)cn3)c12. The molecule has 0 saturated carbocycles. The van der Waals surface area contributed by atoms with E-state index in [1.165, 1.54) is 65.2 Å². The molecule has 5 aromatic heterocycles. The van der Waals surface area contributed by atoms with E-state index in [9.17, 15) is 5.26 Å². The maximum absolute atomic E-state index is 9.79. The Bertz CT molecular complexity index is 3680. The van der Waals surface area contributed by atoms with Crippen LogP contribution in [0.4, 0.5) is 0 Å². The molecule has 0 aliphatic heterocycles. The Hall–Kier alpha value is -7.62. The third-order valence-electron chi connectivity index (χ3n) is 12.1. The molecule has 7 aromatic carbocycles. The van der Waals surface area contributed by atoms with E-state index in [-0.39, 0.29) is 0 Å². The molecule has 0 amide bonds. The number of nitriles is 1. The summed E-state index contributed by atoms with van der Waals surface area (Å²) in [6.45, 7) is 0. The number of nitrogens with zero attached hydrogens (tertiary/aromatic N) is 6. The van der Waals surface area contributed by atoms with Crippen LogP contribution in [0.3, 0.4) is 0 Å². The Morgan fingerprint density at radius 1 is 0.464 bits per heavy atom. The first-order chi connectivity index (χ1) is 27.6. The summed E-state index contributed by atoms with van der Waals surface area (Å²) < 4.78 is 9.36. The minimum Gasteiger partial charge on any atom is -0.344 e. The summed E-state index contributed by atoms with van der Waals surface area (Å²) >= 11 is 0. The smallest absolute Gasteiger partial charge is 0.138 e. The van der Waals surface area contributed by atoms with Crippen molar-refractivity contribution in [3.05, 3.63) is 163 Å². The number of hydrogen-bond donors (Lipinski definition) is 0. The van der Waals surface area contributed by atoms with Crippen LogP contribution in [0.1, 0.15) is 5.56 Å². The molecule has 0 fully saturated rings. The zero-order valence-corrected chi connectivity index (χ0v) is 30.7. The summed E-state index contributed by atoms with van der Waals surface area (Å²) in [5.74, 6) is 0.829. The summed E-state index contributed by atoms with van der Waals surface area (Å²) in [6, 6.07) is 56.2. The number of aryl methyl sites for hydroxylation is 2. The molecule has 0 N–H and O–H groups in total. The van der Waals surface area contributed by atoms with Crippen molar-refractivity contribution in [2.24, 2.45) is 14.1 Å². The van der Waals surface area contributed by atoms with Crippen molar-refractivity contribution >= 4 is 87.2 Å². The van der Waals surface area contributed by atoms with Gasteiger partial charge in [0.1, 0.15) is 5.82 Å². The van der Waals surface area contributed by atoms with Crippen LogP contribution in [0.5, 0.6) is 0 Å². The molecule has 0 bridgehead atoms. The molecular formula is C50H32N6. The van der Waals surface area contributed by atoms with Crippen molar-refractivity contribution < 1.29 is 0 Å². The zero-order valence-electron chi connectivity index (χ0n) is 30.7. The van der Waals surface area contributed by atoms with Gasteiger partial charge in [0.2, 0.25) is 0 Å². The standard InChI is InChI=1S/C50H32N6/c1-53-39-15-7-5-13-36(39)47-43(53)25-23-34-32-11-3-9-17-41(32)55(49(34)47)45-29-52-46(27-38(45)31-21-19-30(28-51)20-22-31)56-42-18-10-4-12-33(42)35-24-26-44-48(50(35)56)37-14-6-8-16-40(37)54(44)2/h3-27,29H,1-2H3. The predicted molar refractivity (Wildman–Crippen MR) is 231 cm³/mol. The third-order valence-corrected chi connectivity index (χ3v) is 12.1. The topological polar surface area (TPSA) is 56.4 Å². The molecule has 6 nitrogen and oxygen atoms in total. The van der Waals surface area contributed by atoms with Gasteiger partial charge in [-0.1, -0.05) is 97.1 Å². The van der Waals surface area contributed by atoms with Gasteiger partial charge in [-0.25, -0.2) is 4.98 Å². The quantitative estimate of drug-likeness (QED) is 0.183. The molecule has 0 unspecified atom stereocenters. The first kappa shape index (κ1) is 30.8. The van der Waals surface area contributed by atoms with Crippen molar-refractivity contribution in [2.45, 2.75) is 0 Å². The van der Waals surface area contributed by atoms with E-state index in [4.69, 9.17) is 4.98 Å². The van der Waals surface area contributed by atoms with E-state index in [2.05, 4.69) is 184 Å². The van der Waals surface area contributed by atoms with Gasteiger partial charge in [-0.3, -0.25) is 4.57 Å². The second-order valence-electron chi connectivity index (χ2n) is 14.8. The Morgan fingerprint density at radius 2 is 0.946 bits per heavy atom. The first-order valence-corrected chi connectivity index (χ1v) is 18.9. The van der Waals surface area contributed by atoms with Crippen LogP contribution in [-0.4, -0.2) is 23.3 Å². The molecule has 6 heteroatoms. The van der Waals surface area contributed by atoms with Crippen LogP contribution in [0, 0.1) is 11.3 Å². The highest BCUT2D eigenvalue weighted by Gasteiger charge is 2.24. The molecule has 0 saturated heterocycles. The van der Waals surface area contributed by atoms with Crippen molar-refractivity contribution in [1.82, 2.24) is 23.3 Å². The fourth-order valence-electron chi connectivity index (χ4n) is 9.58. The second kappa shape index (κ2) is 11.2. The van der Waals surface area contributed by atoms with Crippen molar-refractivity contribution in [2.75, 3.05) is 0 Å². The van der Waals surface area contributed by atoms with E-state index in [0.29, 0.717) is 5.56 Å². The van der Waals surface area contributed by atoms with Crippen LogP contribution >= 0.6 is 0 Å². The summed E-state index contributed by atoms with van der Waals surface area (Å²) in [4.78, 5) is 5.43. The highest BCUT2D eigenvalue weighted by atomic mass is 15.1. The van der Waals surface area contributed by atoms with Gasteiger partial charge in [0.25, 0.3) is 0 Å². The molecule has 0 radical (unpaired) electrons. The van der Waals surface area contributed by atoms with Crippen LogP contribution in [0.25, 0.3) is 110 Å². The number of aromatic nitrogens is 5. The van der Waals surface area contributed by atoms with E-state index in [1.54, 1.807) is 0 Å². The van der Waals surface area contributed by atoms with Gasteiger partial charge in [0.05, 0.1) is 56.6 Å². The third kappa shape index (κ3) is 3.96. The normalized spacial score (nSPS) is 12.1. The highest BCUT2D eigenvalue weighted by molar-refractivity contribution is 6.27.